The molecular formula is C23H22F3N3O4S. The van der Waals surface area contributed by atoms with Gasteiger partial charge < -0.3 is 9.84 Å². The van der Waals surface area contributed by atoms with Gasteiger partial charge in [-0.25, -0.2) is 9.48 Å². The van der Waals surface area contributed by atoms with Crippen LogP contribution in [0.3, 0.4) is 0 Å². The number of benzene rings is 2. The molecule has 34 heavy (non-hydrogen) atoms. The maximum atomic E-state index is 12.7. The summed E-state index contributed by atoms with van der Waals surface area (Å²) in [6.45, 7) is 5.02. The molecule has 0 radical (unpaired) electrons. The first-order valence-corrected chi connectivity index (χ1v) is 11.0. The number of nitrogens with zero attached hydrogens (tertiary/aromatic N) is 3. The fourth-order valence-corrected chi connectivity index (χ4v) is 3.80. The first-order valence-electron chi connectivity index (χ1n) is 10.1. The number of carbonyl (C=O) groups excluding carboxylic acids is 1. The minimum Gasteiger partial charge on any atom is -0.480 e. The standard InChI is InChI=1S/C23H22F3N3O4S/c1-14(33-20(30)16-6-10-18(11-7-16)34-22(2,3)21(31)32)19-13-29(28-27-19)12-15-4-8-17(9-5-15)23(24,25)26/h4-11,13-14H,12H2,1-3H3,(H,31,32)/t14-/m0/s1. The van der Waals surface area contributed by atoms with Crippen LogP contribution in [0.4, 0.5) is 13.2 Å². The number of alkyl halides is 3. The average molecular weight is 494 g/mol. The number of esters is 1. The van der Waals surface area contributed by atoms with Crippen LogP contribution in [0, 0.1) is 0 Å². The second-order valence-corrected chi connectivity index (χ2v) is 9.72. The quantitative estimate of drug-likeness (QED) is 0.340. The zero-order valence-corrected chi connectivity index (χ0v) is 19.4. The van der Waals surface area contributed by atoms with Crippen LogP contribution in [0.25, 0.3) is 0 Å². The highest BCUT2D eigenvalue weighted by Crippen LogP contribution is 2.33. The molecule has 7 nitrogen and oxygen atoms in total. The summed E-state index contributed by atoms with van der Waals surface area (Å²) >= 11 is 1.16. The molecule has 1 aromatic heterocycles. The van der Waals surface area contributed by atoms with E-state index in [9.17, 15) is 27.9 Å². The lowest BCUT2D eigenvalue weighted by Gasteiger charge is -2.18. The van der Waals surface area contributed by atoms with Crippen LogP contribution in [0.1, 0.15) is 54.1 Å². The summed E-state index contributed by atoms with van der Waals surface area (Å²) < 4.78 is 43.9. The predicted octanol–water partition coefficient (Wildman–Crippen LogP) is 5.22. The number of hydrogen-bond donors (Lipinski definition) is 1. The third kappa shape index (κ3) is 6.37. The van der Waals surface area contributed by atoms with Crippen molar-refractivity contribution in [3.05, 3.63) is 77.1 Å². The molecule has 0 saturated heterocycles. The SMILES string of the molecule is C[C@H](OC(=O)c1ccc(SC(C)(C)C(=O)O)cc1)c1cn(Cc2ccc(C(F)(F)F)cc2)nn1. The van der Waals surface area contributed by atoms with Crippen molar-refractivity contribution in [1.82, 2.24) is 15.0 Å². The molecule has 1 atom stereocenters. The Bertz CT molecular complexity index is 1160. The second-order valence-electron chi connectivity index (χ2n) is 8.03. The van der Waals surface area contributed by atoms with E-state index in [1.54, 1.807) is 51.2 Å². The molecule has 0 aliphatic heterocycles. The van der Waals surface area contributed by atoms with Gasteiger partial charge in [0.15, 0.2) is 0 Å². The lowest BCUT2D eigenvalue weighted by Crippen LogP contribution is -2.26. The number of thioether (sulfide) groups is 1. The summed E-state index contributed by atoms with van der Waals surface area (Å²) in [6, 6.07) is 11.1. The molecule has 0 bridgehead atoms. The van der Waals surface area contributed by atoms with Crippen molar-refractivity contribution in [2.45, 2.75) is 49.2 Å². The van der Waals surface area contributed by atoms with Crippen molar-refractivity contribution < 1.29 is 32.6 Å². The largest absolute Gasteiger partial charge is 0.480 e. The van der Waals surface area contributed by atoms with E-state index >= 15 is 0 Å². The van der Waals surface area contributed by atoms with Gasteiger partial charge in [0.2, 0.25) is 0 Å². The highest BCUT2D eigenvalue weighted by Gasteiger charge is 2.30. The van der Waals surface area contributed by atoms with E-state index in [4.69, 9.17) is 4.74 Å². The van der Waals surface area contributed by atoms with Gasteiger partial charge in [-0.1, -0.05) is 17.3 Å². The van der Waals surface area contributed by atoms with Crippen molar-refractivity contribution >= 4 is 23.7 Å². The normalized spacial score (nSPS) is 12.9. The van der Waals surface area contributed by atoms with Gasteiger partial charge in [0.25, 0.3) is 0 Å². The van der Waals surface area contributed by atoms with Gasteiger partial charge in [-0.2, -0.15) is 13.2 Å². The molecule has 3 aromatic rings. The third-order valence-electron chi connectivity index (χ3n) is 4.86. The molecule has 0 saturated carbocycles. The van der Waals surface area contributed by atoms with E-state index in [1.807, 2.05) is 0 Å². The maximum Gasteiger partial charge on any atom is 0.416 e. The topological polar surface area (TPSA) is 94.3 Å². The van der Waals surface area contributed by atoms with Crippen LogP contribution in [-0.2, 0) is 22.3 Å². The van der Waals surface area contributed by atoms with Crippen molar-refractivity contribution in [2.24, 2.45) is 0 Å². The molecule has 0 aliphatic carbocycles. The summed E-state index contributed by atoms with van der Waals surface area (Å²) in [6.07, 6.45) is -3.55. The number of carboxylic acids is 1. The fraction of sp³-hybridized carbons (Fsp3) is 0.304. The molecule has 180 valence electrons. The molecule has 0 spiro atoms. The first kappa shape index (κ1) is 25.3. The summed E-state index contributed by atoms with van der Waals surface area (Å²) in [4.78, 5) is 24.4. The highest BCUT2D eigenvalue weighted by molar-refractivity contribution is 8.01. The average Bonchev–Trinajstić information content (AvgIpc) is 3.22. The number of aliphatic carboxylic acids is 1. The van der Waals surface area contributed by atoms with Gasteiger partial charge in [-0.3, -0.25) is 4.79 Å². The zero-order chi connectivity index (χ0) is 25.1. The number of ether oxygens (including phenoxy) is 1. The Labute approximate surface area is 197 Å². The zero-order valence-electron chi connectivity index (χ0n) is 18.5. The number of carboxylic acid groups (broad SMARTS) is 1. The predicted molar refractivity (Wildman–Crippen MR) is 118 cm³/mol. The van der Waals surface area contributed by atoms with Crippen molar-refractivity contribution in [1.29, 1.82) is 0 Å². The van der Waals surface area contributed by atoms with Gasteiger partial charge in [-0.15, -0.1) is 16.9 Å². The number of hydrogen-bond acceptors (Lipinski definition) is 6. The van der Waals surface area contributed by atoms with Gasteiger partial charge in [0, 0.05) is 4.90 Å². The Morgan fingerprint density at radius 1 is 1.09 bits per heavy atom. The van der Waals surface area contributed by atoms with Crippen LogP contribution >= 0.6 is 11.8 Å². The van der Waals surface area contributed by atoms with Gasteiger partial charge >= 0.3 is 18.1 Å². The Kier molecular flexibility index (Phi) is 7.35. The lowest BCUT2D eigenvalue weighted by atomic mass is 10.1. The van der Waals surface area contributed by atoms with E-state index in [-0.39, 0.29) is 6.54 Å². The van der Waals surface area contributed by atoms with Gasteiger partial charge in [0.1, 0.15) is 16.5 Å². The van der Waals surface area contributed by atoms with E-state index in [1.165, 1.54) is 16.8 Å². The van der Waals surface area contributed by atoms with Crippen LogP contribution in [0.15, 0.2) is 59.6 Å². The van der Waals surface area contributed by atoms with E-state index in [0.29, 0.717) is 21.7 Å². The summed E-state index contributed by atoms with van der Waals surface area (Å²) in [7, 11) is 0. The fourth-order valence-electron chi connectivity index (χ4n) is 2.85. The number of rotatable bonds is 8. The van der Waals surface area contributed by atoms with Gasteiger partial charge in [0.05, 0.1) is 23.9 Å². The third-order valence-corrected chi connectivity index (χ3v) is 6.05. The number of halogens is 3. The van der Waals surface area contributed by atoms with E-state index in [2.05, 4.69) is 10.3 Å². The Morgan fingerprint density at radius 2 is 1.71 bits per heavy atom. The van der Waals surface area contributed by atoms with Crippen LogP contribution in [-0.4, -0.2) is 36.8 Å². The molecule has 0 aliphatic rings. The summed E-state index contributed by atoms with van der Waals surface area (Å²) in [5.41, 5.74) is 0.559. The molecule has 0 amide bonds. The summed E-state index contributed by atoms with van der Waals surface area (Å²) in [5.74, 6) is -1.53. The Hall–Kier alpha value is -3.34. The second kappa shape index (κ2) is 9.88. The Balaban J connectivity index is 1.59. The van der Waals surface area contributed by atoms with Crippen molar-refractivity contribution in [3.8, 4) is 0 Å². The van der Waals surface area contributed by atoms with Crippen LogP contribution < -0.4 is 0 Å². The molecule has 1 heterocycles. The minimum atomic E-state index is -4.40. The molecule has 1 N–H and O–H groups in total. The minimum absolute atomic E-state index is 0.206. The monoisotopic (exact) mass is 493 g/mol. The molecule has 3 rings (SSSR count). The van der Waals surface area contributed by atoms with E-state index in [0.717, 1.165) is 23.9 Å². The molecule has 0 unspecified atom stereocenters. The van der Waals surface area contributed by atoms with Crippen molar-refractivity contribution in [3.63, 3.8) is 0 Å². The molecular weight excluding hydrogens is 471 g/mol. The molecule has 11 heteroatoms. The first-order chi connectivity index (χ1) is 15.8. The summed E-state index contributed by atoms with van der Waals surface area (Å²) in [5, 5.41) is 17.2. The lowest BCUT2D eigenvalue weighted by molar-refractivity contribution is -0.139. The smallest absolute Gasteiger partial charge is 0.416 e. The Morgan fingerprint density at radius 3 is 2.26 bits per heavy atom. The number of carbonyl (C=O) groups is 2. The number of aromatic nitrogens is 3. The molecule has 0 fully saturated rings. The van der Waals surface area contributed by atoms with Gasteiger partial charge in [-0.05, 0) is 62.7 Å². The van der Waals surface area contributed by atoms with E-state index < -0.39 is 34.5 Å². The van der Waals surface area contributed by atoms with Crippen molar-refractivity contribution in [2.75, 3.05) is 0 Å². The highest BCUT2D eigenvalue weighted by atomic mass is 32.2. The maximum absolute atomic E-state index is 12.7. The molecule has 2 aromatic carbocycles. The van der Waals surface area contributed by atoms with Crippen LogP contribution in [0.2, 0.25) is 0 Å². The van der Waals surface area contributed by atoms with Crippen LogP contribution in [0.5, 0.6) is 0 Å².